The molecule has 0 radical (unpaired) electrons. The highest BCUT2D eigenvalue weighted by Gasteiger charge is 2.16. The standard InChI is InChI=1S/C12H16N4/c1-9-8-12-14-11(5-7-16(12)15-9)10-4-2-3-6-13-10/h5,7-8,10,13H,2-4,6H2,1H3. The first-order chi connectivity index (χ1) is 7.83. The minimum atomic E-state index is 0.425. The topological polar surface area (TPSA) is 42.2 Å². The summed E-state index contributed by atoms with van der Waals surface area (Å²) < 4.78 is 1.83. The maximum atomic E-state index is 4.66. The van der Waals surface area contributed by atoms with E-state index in [1.807, 2.05) is 23.7 Å². The van der Waals surface area contributed by atoms with Gasteiger partial charge in [0.15, 0.2) is 5.65 Å². The van der Waals surface area contributed by atoms with Gasteiger partial charge in [0.2, 0.25) is 0 Å². The van der Waals surface area contributed by atoms with Crippen molar-refractivity contribution in [2.24, 2.45) is 0 Å². The molecular weight excluding hydrogens is 200 g/mol. The van der Waals surface area contributed by atoms with E-state index in [1.165, 1.54) is 19.3 Å². The summed E-state index contributed by atoms with van der Waals surface area (Å²) in [6, 6.07) is 4.52. The van der Waals surface area contributed by atoms with Gasteiger partial charge in [0.25, 0.3) is 0 Å². The third-order valence-electron chi connectivity index (χ3n) is 3.14. The highest BCUT2D eigenvalue weighted by molar-refractivity contribution is 5.39. The Hall–Kier alpha value is -1.42. The van der Waals surface area contributed by atoms with Gasteiger partial charge in [-0.1, -0.05) is 6.42 Å². The van der Waals surface area contributed by atoms with E-state index in [2.05, 4.69) is 21.5 Å². The van der Waals surface area contributed by atoms with Crippen LogP contribution in [0.3, 0.4) is 0 Å². The van der Waals surface area contributed by atoms with Crippen molar-refractivity contribution >= 4 is 5.65 Å². The van der Waals surface area contributed by atoms with Crippen LogP contribution < -0.4 is 5.32 Å². The molecule has 3 rings (SSSR count). The van der Waals surface area contributed by atoms with Crippen LogP contribution in [-0.4, -0.2) is 21.1 Å². The zero-order valence-corrected chi connectivity index (χ0v) is 9.48. The predicted octanol–water partition coefficient (Wildman–Crippen LogP) is 1.85. The fourth-order valence-electron chi connectivity index (χ4n) is 2.31. The number of aryl methyl sites for hydroxylation is 1. The molecular formula is C12H16N4. The molecule has 2 aromatic heterocycles. The predicted molar refractivity (Wildman–Crippen MR) is 62.3 cm³/mol. The fourth-order valence-corrected chi connectivity index (χ4v) is 2.31. The number of hydrogen-bond donors (Lipinski definition) is 1. The number of hydrogen-bond acceptors (Lipinski definition) is 3. The van der Waals surface area contributed by atoms with Gasteiger partial charge >= 0.3 is 0 Å². The summed E-state index contributed by atoms with van der Waals surface area (Å²) in [5.41, 5.74) is 3.11. The molecule has 1 saturated heterocycles. The molecule has 1 N–H and O–H groups in total. The van der Waals surface area contributed by atoms with Gasteiger partial charge in [0.1, 0.15) is 0 Å². The smallest absolute Gasteiger partial charge is 0.155 e. The van der Waals surface area contributed by atoms with Gasteiger partial charge in [-0.2, -0.15) is 5.10 Å². The van der Waals surface area contributed by atoms with Gasteiger partial charge in [-0.15, -0.1) is 0 Å². The van der Waals surface area contributed by atoms with Crippen molar-refractivity contribution in [3.63, 3.8) is 0 Å². The van der Waals surface area contributed by atoms with Crippen LogP contribution >= 0.6 is 0 Å². The van der Waals surface area contributed by atoms with E-state index in [0.717, 1.165) is 23.6 Å². The number of rotatable bonds is 1. The van der Waals surface area contributed by atoms with Crippen molar-refractivity contribution in [3.8, 4) is 0 Å². The molecule has 4 nitrogen and oxygen atoms in total. The normalized spacial score (nSPS) is 21.4. The van der Waals surface area contributed by atoms with Crippen LogP contribution in [0, 0.1) is 6.92 Å². The fraction of sp³-hybridized carbons (Fsp3) is 0.500. The Bertz CT molecular complexity index is 497. The van der Waals surface area contributed by atoms with E-state index in [9.17, 15) is 0 Å². The highest BCUT2D eigenvalue weighted by Crippen LogP contribution is 2.21. The lowest BCUT2D eigenvalue weighted by atomic mass is 10.0. The lowest BCUT2D eigenvalue weighted by molar-refractivity contribution is 0.405. The third kappa shape index (κ3) is 1.69. The molecule has 1 unspecified atom stereocenters. The number of nitrogens with zero attached hydrogens (tertiary/aromatic N) is 3. The summed E-state index contributed by atoms with van der Waals surface area (Å²) in [4.78, 5) is 4.66. The molecule has 1 aliphatic rings. The van der Waals surface area contributed by atoms with E-state index < -0.39 is 0 Å². The molecule has 0 spiro atoms. The second kappa shape index (κ2) is 3.87. The Morgan fingerprint density at radius 3 is 3.19 bits per heavy atom. The largest absolute Gasteiger partial charge is 0.309 e. The molecule has 0 bridgehead atoms. The molecule has 1 fully saturated rings. The second-order valence-corrected chi connectivity index (χ2v) is 4.44. The first kappa shape index (κ1) is 9.78. The van der Waals surface area contributed by atoms with Crippen molar-refractivity contribution in [1.82, 2.24) is 19.9 Å². The van der Waals surface area contributed by atoms with Crippen LogP contribution in [0.1, 0.15) is 36.7 Å². The summed E-state index contributed by atoms with van der Waals surface area (Å²) in [5.74, 6) is 0. The van der Waals surface area contributed by atoms with Crippen LogP contribution in [0.2, 0.25) is 0 Å². The quantitative estimate of drug-likeness (QED) is 0.791. The summed E-state index contributed by atoms with van der Waals surface area (Å²) in [7, 11) is 0. The van der Waals surface area contributed by atoms with E-state index >= 15 is 0 Å². The van der Waals surface area contributed by atoms with E-state index in [1.54, 1.807) is 0 Å². The van der Waals surface area contributed by atoms with Gasteiger partial charge in [-0.05, 0) is 32.4 Å². The van der Waals surface area contributed by atoms with Crippen molar-refractivity contribution in [1.29, 1.82) is 0 Å². The SMILES string of the molecule is Cc1cc2nc(C3CCCCN3)ccn2n1. The molecule has 4 heteroatoms. The maximum absolute atomic E-state index is 4.66. The number of aromatic nitrogens is 3. The molecule has 84 valence electrons. The van der Waals surface area contributed by atoms with Crippen LogP contribution in [0.15, 0.2) is 18.3 Å². The molecule has 16 heavy (non-hydrogen) atoms. The van der Waals surface area contributed by atoms with Gasteiger partial charge in [-0.3, -0.25) is 0 Å². The first-order valence-electron chi connectivity index (χ1n) is 5.89. The molecule has 0 amide bonds. The van der Waals surface area contributed by atoms with Gasteiger partial charge in [0, 0.05) is 18.3 Å². The lowest BCUT2D eigenvalue weighted by Crippen LogP contribution is -2.27. The van der Waals surface area contributed by atoms with Gasteiger partial charge in [-0.25, -0.2) is 9.50 Å². The van der Waals surface area contributed by atoms with Crippen LogP contribution in [0.25, 0.3) is 5.65 Å². The Kier molecular flexibility index (Phi) is 2.36. The van der Waals surface area contributed by atoms with Crippen LogP contribution in [0.4, 0.5) is 0 Å². The van der Waals surface area contributed by atoms with Gasteiger partial charge < -0.3 is 5.32 Å². The lowest BCUT2D eigenvalue weighted by Gasteiger charge is -2.22. The molecule has 0 saturated carbocycles. The summed E-state index contributed by atoms with van der Waals surface area (Å²) in [6.45, 7) is 3.10. The molecule has 0 aromatic carbocycles. The molecule has 0 aliphatic carbocycles. The van der Waals surface area contributed by atoms with Crippen LogP contribution in [0.5, 0.6) is 0 Å². The van der Waals surface area contributed by atoms with E-state index in [0.29, 0.717) is 6.04 Å². The summed E-state index contributed by atoms with van der Waals surface area (Å²) in [6.07, 6.45) is 5.77. The Morgan fingerprint density at radius 2 is 2.38 bits per heavy atom. The zero-order valence-electron chi connectivity index (χ0n) is 9.48. The summed E-state index contributed by atoms with van der Waals surface area (Å²) >= 11 is 0. The van der Waals surface area contributed by atoms with Crippen molar-refractivity contribution in [2.75, 3.05) is 6.54 Å². The number of nitrogens with one attached hydrogen (secondary N) is 1. The zero-order chi connectivity index (χ0) is 11.0. The van der Waals surface area contributed by atoms with Crippen molar-refractivity contribution in [2.45, 2.75) is 32.2 Å². The highest BCUT2D eigenvalue weighted by atomic mass is 15.2. The molecule has 1 atom stereocenters. The van der Waals surface area contributed by atoms with Crippen LogP contribution in [-0.2, 0) is 0 Å². The minimum absolute atomic E-state index is 0.425. The third-order valence-corrected chi connectivity index (χ3v) is 3.14. The van der Waals surface area contributed by atoms with Crippen molar-refractivity contribution < 1.29 is 0 Å². The van der Waals surface area contributed by atoms with Gasteiger partial charge in [0.05, 0.1) is 11.4 Å². The second-order valence-electron chi connectivity index (χ2n) is 4.44. The Balaban J connectivity index is 1.97. The Labute approximate surface area is 94.7 Å². The maximum Gasteiger partial charge on any atom is 0.155 e. The van der Waals surface area contributed by atoms with E-state index in [4.69, 9.17) is 0 Å². The average molecular weight is 216 g/mol. The van der Waals surface area contributed by atoms with E-state index in [-0.39, 0.29) is 0 Å². The Morgan fingerprint density at radius 1 is 1.44 bits per heavy atom. The number of piperidine rings is 1. The molecule has 2 aromatic rings. The average Bonchev–Trinajstić information content (AvgIpc) is 2.69. The molecule has 1 aliphatic heterocycles. The monoisotopic (exact) mass is 216 g/mol. The first-order valence-corrected chi connectivity index (χ1v) is 5.89. The minimum Gasteiger partial charge on any atom is -0.309 e. The molecule has 3 heterocycles. The number of fused-ring (bicyclic) bond motifs is 1. The van der Waals surface area contributed by atoms with Crippen molar-refractivity contribution in [3.05, 3.63) is 29.7 Å². The summed E-state index contributed by atoms with van der Waals surface area (Å²) in [5, 5.41) is 7.85.